The minimum Gasteiger partial charge on any atom is -0.352 e. The first-order valence-corrected chi connectivity index (χ1v) is 9.21. The molecule has 6 heteroatoms. The van der Waals surface area contributed by atoms with Crippen LogP contribution in [0.2, 0.25) is 0 Å². The van der Waals surface area contributed by atoms with Gasteiger partial charge in [0.2, 0.25) is 10.0 Å². The van der Waals surface area contributed by atoms with Gasteiger partial charge in [-0.25, -0.2) is 8.42 Å². The van der Waals surface area contributed by atoms with Crippen LogP contribution < -0.4 is 9.62 Å². The molecule has 1 aromatic carbocycles. The van der Waals surface area contributed by atoms with Gasteiger partial charge in [-0.2, -0.15) is 0 Å². The van der Waals surface area contributed by atoms with Crippen molar-refractivity contribution in [2.45, 2.75) is 26.2 Å². The third-order valence-electron chi connectivity index (χ3n) is 3.18. The van der Waals surface area contributed by atoms with Crippen LogP contribution in [-0.2, 0) is 10.0 Å². The highest BCUT2D eigenvalue weighted by Crippen LogP contribution is 2.18. The normalized spacial score (nSPS) is 11.0. The number of carbonyl (C=O) groups excluding carboxylic acids is 1. The molecule has 1 rings (SSSR count). The molecule has 0 spiro atoms. The Balaban J connectivity index is 2.76. The van der Waals surface area contributed by atoms with Crippen molar-refractivity contribution in [2.24, 2.45) is 0 Å². The summed E-state index contributed by atoms with van der Waals surface area (Å²) in [4.78, 5) is 12.0. The smallest absolute Gasteiger partial charge is 0.251 e. The predicted octanol–water partition coefficient (Wildman–Crippen LogP) is 2.56. The predicted molar refractivity (Wildman–Crippen MR) is 90.7 cm³/mol. The number of hydrogen-bond donors (Lipinski definition) is 1. The van der Waals surface area contributed by atoms with Gasteiger partial charge in [0.05, 0.1) is 18.5 Å². The van der Waals surface area contributed by atoms with Gasteiger partial charge in [0.15, 0.2) is 0 Å². The van der Waals surface area contributed by atoms with Crippen molar-refractivity contribution in [3.05, 3.63) is 42.5 Å². The average Bonchev–Trinajstić information content (AvgIpc) is 2.48. The van der Waals surface area contributed by atoms with Crippen molar-refractivity contribution >= 4 is 21.6 Å². The molecule has 0 atom stereocenters. The Labute approximate surface area is 133 Å². The summed E-state index contributed by atoms with van der Waals surface area (Å²) in [5.74, 6) is -0.141. The molecule has 0 aliphatic carbocycles. The Hall–Kier alpha value is -1.82. The summed E-state index contributed by atoms with van der Waals surface area (Å²) in [5, 5.41) is 2.85. The van der Waals surface area contributed by atoms with Crippen molar-refractivity contribution < 1.29 is 13.2 Å². The monoisotopic (exact) mass is 324 g/mol. The molecule has 0 saturated carbocycles. The van der Waals surface area contributed by atoms with Crippen LogP contribution in [-0.4, -0.2) is 33.7 Å². The van der Waals surface area contributed by atoms with Crippen LogP contribution in [0.15, 0.2) is 36.9 Å². The van der Waals surface area contributed by atoms with Gasteiger partial charge >= 0.3 is 0 Å². The summed E-state index contributed by atoms with van der Waals surface area (Å²) >= 11 is 0. The second-order valence-electron chi connectivity index (χ2n) is 5.09. The number of unbranched alkanes of at least 4 members (excludes halogenated alkanes) is 2. The average molecular weight is 324 g/mol. The van der Waals surface area contributed by atoms with Gasteiger partial charge in [0.25, 0.3) is 5.91 Å². The van der Waals surface area contributed by atoms with Crippen LogP contribution in [0.3, 0.4) is 0 Å². The summed E-state index contributed by atoms with van der Waals surface area (Å²) in [5.41, 5.74) is 1.04. The number of nitrogens with zero attached hydrogens (tertiary/aromatic N) is 1. The largest absolute Gasteiger partial charge is 0.352 e. The molecule has 0 radical (unpaired) electrons. The molecule has 0 bridgehead atoms. The van der Waals surface area contributed by atoms with Gasteiger partial charge in [0.1, 0.15) is 0 Å². The van der Waals surface area contributed by atoms with E-state index in [9.17, 15) is 13.2 Å². The number of anilines is 1. The first kappa shape index (κ1) is 18.2. The molecule has 0 aliphatic heterocycles. The molecular weight excluding hydrogens is 300 g/mol. The Morgan fingerprint density at radius 3 is 2.41 bits per heavy atom. The van der Waals surface area contributed by atoms with Gasteiger partial charge in [-0.3, -0.25) is 9.10 Å². The standard InChI is InChI=1S/C16H24N2O3S/c1-4-6-7-12-17-16(19)14-8-10-15(11-9-14)18(13-5-2)22(3,20)21/h5,8-11H,2,4,6-7,12-13H2,1,3H3,(H,17,19). The first-order chi connectivity index (χ1) is 10.4. The third-order valence-corrected chi connectivity index (χ3v) is 4.34. The van der Waals surface area contributed by atoms with Crippen molar-refractivity contribution in [1.82, 2.24) is 5.32 Å². The lowest BCUT2D eigenvalue weighted by Gasteiger charge is -2.20. The van der Waals surface area contributed by atoms with Crippen molar-refractivity contribution in [2.75, 3.05) is 23.7 Å². The van der Waals surface area contributed by atoms with Gasteiger partial charge in [-0.1, -0.05) is 25.8 Å². The van der Waals surface area contributed by atoms with E-state index in [1.807, 2.05) is 0 Å². The lowest BCUT2D eigenvalue weighted by atomic mass is 10.2. The van der Waals surface area contributed by atoms with Crippen LogP contribution in [0.25, 0.3) is 0 Å². The minimum atomic E-state index is -3.37. The van der Waals surface area contributed by atoms with Crippen LogP contribution in [0.1, 0.15) is 36.5 Å². The van der Waals surface area contributed by atoms with E-state index in [0.717, 1.165) is 25.5 Å². The molecule has 0 fully saturated rings. The molecule has 22 heavy (non-hydrogen) atoms. The number of nitrogens with one attached hydrogen (secondary N) is 1. The number of sulfonamides is 1. The molecule has 1 N–H and O–H groups in total. The van der Waals surface area contributed by atoms with Gasteiger partial charge in [0, 0.05) is 12.1 Å². The van der Waals surface area contributed by atoms with Crippen molar-refractivity contribution in [3.8, 4) is 0 Å². The molecule has 0 saturated heterocycles. The Kier molecular flexibility index (Phi) is 7.11. The molecule has 0 aliphatic rings. The lowest BCUT2D eigenvalue weighted by Crippen LogP contribution is -2.30. The van der Waals surface area contributed by atoms with Crippen LogP contribution in [0.4, 0.5) is 5.69 Å². The maximum Gasteiger partial charge on any atom is 0.251 e. The summed E-state index contributed by atoms with van der Waals surface area (Å²) in [7, 11) is -3.37. The number of amides is 1. The van der Waals surface area contributed by atoms with E-state index in [1.165, 1.54) is 10.4 Å². The third kappa shape index (κ3) is 5.52. The first-order valence-electron chi connectivity index (χ1n) is 7.37. The fourth-order valence-corrected chi connectivity index (χ4v) is 2.89. The van der Waals surface area contributed by atoms with Crippen molar-refractivity contribution in [1.29, 1.82) is 0 Å². The second kappa shape index (κ2) is 8.58. The zero-order valence-electron chi connectivity index (χ0n) is 13.2. The Morgan fingerprint density at radius 2 is 1.91 bits per heavy atom. The number of rotatable bonds is 9. The van der Waals surface area contributed by atoms with E-state index in [1.54, 1.807) is 24.3 Å². The molecule has 0 unspecified atom stereocenters. The summed E-state index contributed by atoms with van der Waals surface area (Å²) in [6, 6.07) is 6.52. The molecule has 5 nitrogen and oxygen atoms in total. The van der Waals surface area contributed by atoms with Gasteiger partial charge < -0.3 is 5.32 Å². The lowest BCUT2D eigenvalue weighted by molar-refractivity contribution is 0.0953. The Bertz CT molecular complexity index is 594. The molecular formula is C16H24N2O3S. The number of carbonyl (C=O) groups is 1. The minimum absolute atomic E-state index is 0.141. The number of hydrogen-bond acceptors (Lipinski definition) is 3. The van der Waals surface area contributed by atoms with Gasteiger partial charge in [-0.05, 0) is 30.7 Å². The van der Waals surface area contributed by atoms with Crippen LogP contribution >= 0.6 is 0 Å². The summed E-state index contributed by atoms with van der Waals surface area (Å²) in [6.07, 6.45) is 5.82. The van der Waals surface area contributed by atoms with Crippen LogP contribution in [0, 0.1) is 0 Å². The number of benzene rings is 1. The zero-order valence-corrected chi connectivity index (χ0v) is 14.0. The quantitative estimate of drug-likeness (QED) is 0.561. The second-order valence-corrected chi connectivity index (χ2v) is 7.00. The SMILES string of the molecule is C=CCN(c1ccc(C(=O)NCCCCC)cc1)S(C)(=O)=O. The maximum absolute atomic E-state index is 12.0. The molecule has 122 valence electrons. The van der Waals surface area contributed by atoms with E-state index in [4.69, 9.17) is 0 Å². The van der Waals surface area contributed by atoms with E-state index in [-0.39, 0.29) is 12.5 Å². The highest BCUT2D eigenvalue weighted by atomic mass is 32.2. The highest BCUT2D eigenvalue weighted by molar-refractivity contribution is 7.92. The summed E-state index contributed by atoms with van der Waals surface area (Å²) < 4.78 is 24.7. The van der Waals surface area contributed by atoms with E-state index < -0.39 is 10.0 Å². The molecule has 1 aromatic rings. The van der Waals surface area contributed by atoms with Gasteiger partial charge in [-0.15, -0.1) is 6.58 Å². The van der Waals surface area contributed by atoms with E-state index >= 15 is 0 Å². The van der Waals surface area contributed by atoms with Crippen LogP contribution in [0.5, 0.6) is 0 Å². The fraction of sp³-hybridized carbons (Fsp3) is 0.438. The zero-order chi connectivity index (χ0) is 16.6. The Morgan fingerprint density at radius 1 is 1.27 bits per heavy atom. The fourth-order valence-electron chi connectivity index (χ4n) is 2.01. The molecule has 1 amide bonds. The molecule has 0 aromatic heterocycles. The van der Waals surface area contributed by atoms with E-state index in [0.29, 0.717) is 17.8 Å². The van der Waals surface area contributed by atoms with Crippen molar-refractivity contribution in [3.63, 3.8) is 0 Å². The maximum atomic E-state index is 12.0. The summed E-state index contributed by atoms with van der Waals surface area (Å²) in [6.45, 7) is 6.52. The highest BCUT2D eigenvalue weighted by Gasteiger charge is 2.16. The van der Waals surface area contributed by atoms with E-state index in [2.05, 4.69) is 18.8 Å². The topological polar surface area (TPSA) is 66.5 Å². The molecule has 0 heterocycles.